The first-order chi connectivity index (χ1) is 12.5. The summed E-state index contributed by atoms with van der Waals surface area (Å²) >= 11 is 5.99. The second kappa shape index (κ2) is 6.50. The maximum atomic E-state index is 12.8. The fraction of sp³-hybridized carbons (Fsp3) is 0.235. The van der Waals surface area contributed by atoms with Crippen LogP contribution in [0.15, 0.2) is 41.5 Å². The Bertz CT molecular complexity index is 1060. The molecule has 0 fully saturated rings. The van der Waals surface area contributed by atoms with E-state index in [-0.39, 0.29) is 27.5 Å². The molecule has 0 saturated heterocycles. The summed E-state index contributed by atoms with van der Waals surface area (Å²) in [5.41, 5.74) is -2.64. The van der Waals surface area contributed by atoms with Crippen molar-refractivity contribution in [3.8, 4) is 5.82 Å². The fourth-order valence-corrected chi connectivity index (χ4v) is 2.99. The van der Waals surface area contributed by atoms with Crippen LogP contribution in [-0.2, 0) is 11.8 Å². The van der Waals surface area contributed by atoms with E-state index in [1.165, 1.54) is 30.1 Å². The van der Waals surface area contributed by atoms with Crippen LogP contribution in [-0.4, -0.2) is 24.9 Å². The van der Waals surface area contributed by atoms with Crippen molar-refractivity contribution in [2.75, 3.05) is 0 Å². The smallest absolute Gasteiger partial charge is 0.381 e. The van der Waals surface area contributed by atoms with Gasteiger partial charge >= 0.3 is 6.18 Å². The Kier molecular flexibility index (Phi) is 4.61. The highest BCUT2D eigenvalue weighted by molar-refractivity contribution is 6.31. The van der Waals surface area contributed by atoms with Gasteiger partial charge in [-0.05, 0) is 26.0 Å². The van der Waals surface area contributed by atoms with Gasteiger partial charge in [-0.2, -0.15) is 18.3 Å². The summed E-state index contributed by atoms with van der Waals surface area (Å²) in [4.78, 5) is 18.2. The third kappa shape index (κ3) is 3.74. The number of aryl methyl sites for hydroxylation is 1. The number of rotatable bonds is 3. The molecule has 0 saturated carbocycles. The normalized spacial score (nSPS) is 14.2. The van der Waals surface area contributed by atoms with Crippen LogP contribution in [0.5, 0.6) is 0 Å². The second-order valence-corrected chi connectivity index (χ2v) is 6.53. The number of aromatic nitrogens is 4. The van der Waals surface area contributed by atoms with Gasteiger partial charge in [-0.1, -0.05) is 17.7 Å². The molecule has 2 heterocycles. The van der Waals surface area contributed by atoms with E-state index in [0.717, 1.165) is 18.2 Å². The Morgan fingerprint density at radius 3 is 2.52 bits per heavy atom. The van der Waals surface area contributed by atoms with Crippen LogP contribution >= 0.6 is 11.6 Å². The Morgan fingerprint density at radius 1 is 1.22 bits per heavy atom. The highest BCUT2D eigenvalue weighted by atomic mass is 35.5. The maximum absolute atomic E-state index is 12.8. The molecule has 0 aliphatic heterocycles. The van der Waals surface area contributed by atoms with Crippen molar-refractivity contribution >= 4 is 11.6 Å². The molecule has 10 heteroatoms. The minimum atomic E-state index is -4.54. The molecule has 142 valence electrons. The molecular weight excluding hydrogens is 385 g/mol. The lowest BCUT2D eigenvalue weighted by atomic mass is 9.89. The minimum Gasteiger partial charge on any atom is -0.381 e. The summed E-state index contributed by atoms with van der Waals surface area (Å²) in [6.45, 7) is 2.99. The molecule has 6 nitrogen and oxygen atoms in total. The van der Waals surface area contributed by atoms with Gasteiger partial charge in [0.1, 0.15) is 11.4 Å². The minimum absolute atomic E-state index is 0.0896. The van der Waals surface area contributed by atoms with E-state index in [2.05, 4.69) is 15.1 Å². The standard InChI is InChI=1S/C17H14ClF3N4O2/c1-9-23-14(6-15(26)24-9)25-8-11(7-22-25)16(2,27)12-4-3-10(5-13(12)18)17(19,20)21/h3-8,27H,1-2H3,(H,23,24,26)/t16-/m0/s1. The molecule has 2 aromatic heterocycles. The number of nitrogens with one attached hydrogen (secondary N) is 1. The highest BCUT2D eigenvalue weighted by Gasteiger charge is 2.34. The van der Waals surface area contributed by atoms with Gasteiger partial charge < -0.3 is 10.1 Å². The van der Waals surface area contributed by atoms with Crippen LogP contribution in [0.25, 0.3) is 5.82 Å². The monoisotopic (exact) mass is 398 g/mol. The number of aliphatic hydroxyl groups is 1. The molecule has 0 bridgehead atoms. The van der Waals surface area contributed by atoms with Crippen molar-refractivity contribution in [3.05, 3.63) is 74.6 Å². The second-order valence-electron chi connectivity index (χ2n) is 6.13. The van der Waals surface area contributed by atoms with Crippen molar-refractivity contribution in [1.29, 1.82) is 0 Å². The van der Waals surface area contributed by atoms with E-state index in [1.54, 1.807) is 6.92 Å². The van der Waals surface area contributed by atoms with Crippen LogP contribution in [0, 0.1) is 6.92 Å². The number of alkyl halides is 3. The number of nitrogens with zero attached hydrogens (tertiary/aromatic N) is 3. The van der Waals surface area contributed by atoms with Gasteiger partial charge in [0.25, 0.3) is 5.56 Å². The molecule has 2 N–H and O–H groups in total. The molecule has 0 amide bonds. The van der Waals surface area contributed by atoms with Crippen molar-refractivity contribution in [2.45, 2.75) is 25.6 Å². The third-order valence-corrected chi connectivity index (χ3v) is 4.36. The highest BCUT2D eigenvalue weighted by Crippen LogP contribution is 2.38. The summed E-state index contributed by atoms with van der Waals surface area (Å²) in [6.07, 6.45) is -1.79. The number of halogens is 4. The van der Waals surface area contributed by atoms with Crippen molar-refractivity contribution < 1.29 is 18.3 Å². The lowest BCUT2D eigenvalue weighted by Gasteiger charge is -2.24. The first-order valence-electron chi connectivity index (χ1n) is 7.71. The molecule has 0 radical (unpaired) electrons. The number of benzene rings is 1. The number of hydrogen-bond donors (Lipinski definition) is 2. The summed E-state index contributed by atoms with van der Waals surface area (Å²) in [5.74, 6) is 0.615. The third-order valence-electron chi connectivity index (χ3n) is 4.05. The van der Waals surface area contributed by atoms with Gasteiger partial charge in [0.2, 0.25) is 0 Å². The molecule has 0 spiro atoms. The molecular formula is C17H14ClF3N4O2. The number of hydrogen-bond acceptors (Lipinski definition) is 4. The first kappa shape index (κ1) is 19.1. The molecule has 27 heavy (non-hydrogen) atoms. The van der Waals surface area contributed by atoms with Gasteiger partial charge in [0.05, 0.1) is 11.8 Å². The van der Waals surface area contributed by atoms with Gasteiger partial charge in [0.15, 0.2) is 5.82 Å². The Balaban J connectivity index is 2.01. The quantitative estimate of drug-likeness (QED) is 0.709. The zero-order chi connectivity index (χ0) is 20.0. The maximum Gasteiger partial charge on any atom is 0.416 e. The molecule has 1 aromatic carbocycles. The zero-order valence-corrected chi connectivity index (χ0v) is 14.9. The van der Waals surface area contributed by atoms with E-state index >= 15 is 0 Å². The molecule has 0 unspecified atom stereocenters. The Morgan fingerprint density at radius 2 is 1.93 bits per heavy atom. The molecule has 0 aliphatic carbocycles. The van der Waals surface area contributed by atoms with E-state index in [0.29, 0.717) is 5.82 Å². The van der Waals surface area contributed by atoms with Gasteiger partial charge in [0, 0.05) is 28.4 Å². The molecule has 3 aromatic rings. The Labute approximate surface area is 156 Å². The number of H-pyrrole nitrogens is 1. The topological polar surface area (TPSA) is 83.8 Å². The van der Waals surface area contributed by atoms with Crippen molar-refractivity contribution in [2.24, 2.45) is 0 Å². The van der Waals surface area contributed by atoms with E-state index in [1.807, 2.05) is 0 Å². The van der Waals surface area contributed by atoms with E-state index < -0.39 is 17.3 Å². The largest absolute Gasteiger partial charge is 0.416 e. The molecule has 0 aliphatic rings. The van der Waals surface area contributed by atoms with Gasteiger partial charge in [-0.15, -0.1) is 0 Å². The number of aromatic amines is 1. The first-order valence-corrected chi connectivity index (χ1v) is 8.09. The SMILES string of the molecule is Cc1nc(-n2cc([C@](C)(O)c3ccc(C(F)(F)F)cc3Cl)cn2)cc(=O)[nH]1. The van der Waals surface area contributed by atoms with E-state index in [4.69, 9.17) is 11.6 Å². The van der Waals surface area contributed by atoms with Crippen molar-refractivity contribution in [1.82, 2.24) is 19.7 Å². The predicted molar refractivity (Wildman–Crippen MR) is 91.8 cm³/mol. The summed E-state index contributed by atoms with van der Waals surface area (Å²) in [7, 11) is 0. The van der Waals surface area contributed by atoms with Gasteiger partial charge in [-0.3, -0.25) is 4.79 Å². The van der Waals surface area contributed by atoms with Crippen LogP contribution in [0.3, 0.4) is 0 Å². The van der Waals surface area contributed by atoms with Crippen molar-refractivity contribution in [3.63, 3.8) is 0 Å². The summed E-state index contributed by atoms with van der Waals surface area (Å²) in [6, 6.07) is 3.96. The van der Waals surface area contributed by atoms with E-state index in [9.17, 15) is 23.1 Å². The average molecular weight is 399 g/mol. The zero-order valence-electron chi connectivity index (χ0n) is 14.2. The van der Waals surface area contributed by atoms with Crippen LogP contribution in [0.4, 0.5) is 13.2 Å². The summed E-state index contributed by atoms with van der Waals surface area (Å²) < 4.78 is 39.7. The fourth-order valence-electron chi connectivity index (χ4n) is 2.62. The summed E-state index contributed by atoms with van der Waals surface area (Å²) in [5, 5.41) is 14.7. The predicted octanol–water partition coefficient (Wildman–Crippen LogP) is 3.19. The lowest BCUT2D eigenvalue weighted by molar-refractivity contribution is -0.137. The lowest BCUT2D eigenvalue weighted by Crippen LogP contribution is -2.23. The average Bonchev–Trinajstić information content (AvgIpc) is 3.03. The Hall–Kier alpha value is -2.65. The van der Waals surface area contributed by atoms with Crippen LogP contribution < -0.4 is 5.56 Å². The molecule has 3 rings (SSSR count). The van der Waals surface area contributed by atoms with Crippen LogP contribution in [0.2, 0.25) is 5.02 Å². The van der Waals surface area contributed by atoms with Gasteiger partial charge in [-0.25, -0.2) is 9.67 Å². The van der Waals surface area contributed by atoms with Crippen LogP contribution in [0.1, 0.15) is 29.4 Å². The molecule has 1 atom stereocenters.